The first-order chi connectivity index (χ1) is 17.3. The van der Waals surface area contributed by atoms with Gasteiger partial charge < -0.3 is 12.4 Å². The van der Waals surface area contributed by atoms with Gasteiger partial charge >= 0.3 is 0 Å². The summed E-state index contributed by atoms with van der Waals surface area (Å²) < 4.78 is 2.35. The monoisotopic (exact) mass is 542 g/mol. The van der Waals surface area contributed by atoms with Crippen molar-refractivity contribution in [2.24, 2.45) is 5.10 Å². The maximum absolute atomic E-state index is 4.99. The molecule has 192 valence electrons. The second kappa shape index (κ2) is 13.3. The number of nitrogens with two attached hydrogens (primary N) is 1. The van der Waals surface area contributed by atoms with Crippen LogP contribution in [-0.4, -0.2) is 15.8 Å². The Balaban J connectivity index is 0.00000304. The lowest BCUT2D eigenvalue weighted by Gasteiger charge is -2.18. The predicted octanol–water partition coefficient (Wildman–Crippen LogP) is 4.25. The average molecular weight is 543 g/mol. The van der Waals surface area contributed by atoms with Crippen molar-refractivity contribution in [3.63, 3.8) is 0 Å². The van der Waals surface area contributed by atoms with Gasteiger partial charge in [0.05, 0.1) is 20.4 Å². The number of quaternary nitrogens is 1. The molecule has 0 spiro atoms. The Labute approximate surface area is 227 Å². The molecule has 0 unspecified atom stereocenters. The number of hydrazine groups is 1. The second-order valence-electron chi connectivity index (χ2n) is 9.21. The fraction of sp³-hybridized carbons (Fsp3) is 0.444. The number of anilines is 2. The zero-order valence-electron chi connectivity index (χ0n) is 20.9. The highest BCUT2D eigenvalue weighted by molar-refractivity contribution is 7.23. The van der Waals surface area contributed by atoms with Gasteiger partial charge in [0.1, 0.15) is 0 Å². The number of hydrogen-bond acceptors (Lipinski definition) is 7. The van der Waals surface area contributed by atoms with Crippen molar-refractivity contribution in [1.29, 1.82) is 0 Å². The summed E-state index contributed by atoms with van der Waals surface area (Å²) in [6.07, 6.45) is 14.4. The Bertz CT molecular complexity index is 1200. The highest BCUT2D eigenvalue weighted by Gasteiger charge is 2.34. The van der Waals surface area contributed by atoms with Gasteiger partial charge in [0, 0.05) is 6.42 Å². The van der Waals surface area contributed by atoms with Gasteiger partial charge in [0.15, 0.2) is 0 Å². The Hall–Kier alpha value is -2.26. The first-order valence-electron chi connectivity index (χ1n) is 13.0. The molecule has 0 fully saturated rings. The molecule has 0 atom stereocenters. The van der Waals surface area contributed by atoms with Crippen molar-refractivity contribution in [1.82, 2.24) is 9.97 Å². The lowest BCUT2D eigenvalue weighted by atomic mass is 10.1. The van der Waals surface area contributed by atoms with Crippen molar-refractivity contribution < 1.29 is 17.8 Å². The van der Waals surface area contributed by atoms with Crippen molar-refractivity contribution in [3.05, 3.63) is 48.5 Å². The van der Waals surface area contributed by atoms with E-state index in [1.165, 1.54) is 73.6 Å². The van der Waals surface area contributed by atoms with Gasteiger partial charge in [-0.3, -0.25) is 0 Å². The summed E-state index contributed by atoms with van der Waals surface area (Å²) in [6.45, 7) is 2.28. The van der Waals surface area contributed by atoms with Gasteiger partial charge in [-0.1, -0.05) is 127 Å². The van der Waals surface area contributed by atoms with Crippen molar-refractivity contribution >= 4 is 59.2 Å². The Kier molecular flexibility index (Phi) is 9.92. The number of halogens is 1. The third-order valence-corrected chi connectivity index (χ3v) is 8.45. The summed E-state index contributed by atoms with van der Waals surface area (Å²) in [5, 5.41) is 10.8. The zero-order chi connectivity index (χ0) is 23.9. The molecule has 0 saturated carbocycles. The quantitative estimate of drug-likeness (QED) is 0.203. The van der Waals surface area contributed by atoms with Crippen LogP contribution in [0.2, 0.25) is 0 Å². The normalized spacial score (nSPS) is 13.5. The van der Waals surface area contributed by atoms with Crippen LogP contribution in [0.3, 0.4) is 0 Å². The molecule has 0 saturated heterocycles. The third kappa shape index (κ3) is 6.54. The molecule has 0 amide bonds. The number of thiazole rings is 2. The minimum Gasteiger partial charge on any atom is -1.00 e. The van der Waals surface area contributed by atoms with Gasteiger partial charge in [0.25, 0.3) is 5.13 Å². The molecule has 1 aliphatic rings. The number of rotatable bonds is 13. The molecule has 3 heterocycles. The highest BCUT2D eigenvalue weighted by Crippen LogP contribution is 2.34. The number of unbranched alkanes of at least 4 members (excludes halogenated alkanes) is 9. The van der Waals surface area contributed by atoms with E-state index in [1.54, 1.807) is 22.7 Å². The van der Waals surface area contributed by atoms with Crippen molar-refractivity contribution in [2.75, 3.05) is 10.2 Å². The van der Waals surface area contributed by atoms with Crippen molar-refractivity contribution in [3.8, 4) is 0 Å². The summed E-state index contributed by atoms with van der Waals surface area (Å²) in [6, 6.07) is 16.6. The number of benzene rings is 2. The Morgan fingerprint density at radius 2 is 1.22 bits per heavy atom. The van der Waals surface area contributed by atoms with E-state index in [9.17, 15) is 0 Å². The minimum absolute atomic E-state index is 0. The summed E-state index contributed by atoms with van der Waals surface area (Å²) in [4.78, 5) is 9.76. The van der Waals surface area contributed by atoms with E-state index in [0.717, 1.165) is 33.6 Å². The minimum atomic E-state index is 0. The molecule has 2 N–H and O–H groups in total. The molecular formula is C27H35ClN6S2. The molecule has 4 aromatic rings. The fourth-order valence-corrected chi connectivity index (χ4v) is 6.32. The summed E-state index contributed by atoms with van der Waals surface area (Å²) in [5.74, 6) is 1.10. The Morgan fingerprint density at radius 1 is 0.694 bits per heavy atom. The number of amidine groups is 1. The standard InChI is InChI=1S/C27H34N6S2.ClH/c1-2-3-4-5-6-7-8-9-10-11-20-25-30-32(26-28-21-16-12-14-18-23(21)34-26)33(31-25)27-29-22-17-13-15-19-24(22)35-27;/h12-19H,2-11,20H2,1H3,(H,30,31);1H. The molecule has 36 heavy (non-hydrogen) atoms. The van der Waals surface area contributed by atoms with Crippen molar-refractivity contribution in [2.45, 2.75) is 77.6 Å². The van der Waals surface area contributed by atoms with E-state index in [-0.39, 0.29) is 12.4 Å². The SMILES string of the molecule is CCCCCCCCCCCCC1=NN(c2nc3ccccc3s2)N(c2nc3ccccc3s2)[NH2+]1.[Cl-]. The average Bonchev–Trinajstić information content (AvgIpc) is 3.60. The van der Waals surface area contributed by atoms with E-state index in [2.05, 4.69) is 53.9 Å². The number of aromatic nitrogens is 2. The van der Waals surface area contributed by atoms with Crippen LogP contribution in [0.5, 0.6) is 0 Å². The Morgan fingerprint density at radius 3 is 1.83 bits per heavy atom. The molecule has 1 aliphatic heterocycles. The van der Waals surface area contributed by atoms with E-state index in [0.29, 0.717) is 0 Å². The molecule has 2 aromatic heterocycles. The van der Waals surface area contributed by atoms with Crippen LogP contribution in [-0.2, 0) is 0 Å². The van der Waals surface area contributed by atoms with E-state index in [1.807, 2.05) is 17.3 Å². The van der Waals surface area contributed by atoms with Gasteiger partial charge in [0.2, 0.25) is 11.0 Å². The van der Waals surface area contributed by atoms with E-state index < -0.39 is 0 Å². The molecule has 6 nitrogen and oxygen atoms in total. The van der Waals surface area contributed by atoms with Crippen LogP contribution in [0.4, 0.5) is 10.3 Å². The zero-order valence-corrected chi connectivity index (χ0v) is 23.3. The maximum atomic E-state index is 4.99. The first-order valence-corrected chi connectivity index (χ1v) is 14.7. The summed E-state index contributed by atoms with van der Waals surface area (Å²) >= 11 is 3.36. The number of fused-ring (bicyclic) bond motifs is 2. The fourth-order valence-electron chi connectivity index (χ4n) is 4.47. The second-order valence-corrected chi connectivity index (χ2v) is 11.2. The van der Waals surface area contributed by atoms with E-state index in [4.69, 9.17) is 15.1 Å². The van der Waals surface area contributed by atoms with Gasteiger partial charge in [-0.25, -0.2) is 9.97 Å². The van der Waals surface area contributed by atoms with Crippen LogP contribution in [0, 0.1) is 0 Å². The number of hydrazone groups is 1. The van der Waals surface area contributed by atoms with Crippen LogP contribution in [0.1, 0.15) is 77.6 Å². The van der Waals surface area contributed by atoms with Gasteiger partial charge in [-0.2, -0.15) is 5.43 Å². The molecule has 0 aliphatic carbocycles. The largest absolute Gasteiger partial charge is 1.00 e. The number of para-hydroxylation sites is 2. The van der Waals surface area contributed by atoms with Crippen LogP contribution >= 0.6 is 22.7 Å². The molecule has 0 radical (unpaired) electrons. The highest BCUT2D eigenvalue weighted by atomic mass is 35.5. The lowest BCUT2D eigenvalue weighted by molar-refractivity contribution is -0.548. The molecule has 5 rings (SSSR count). The van der Waals surface area contributed by atoms with Gasteiger partial charge in [-0.05, 0) is 30.7 Å². The first kappa shape index (κ1) is 26.8. The lowest BCUT2D eigenvalue weighted by Crippen LogP contribution is -3.00. The summed E-state index contributed by atoms with van der Waals surface area (Å²) in [7, 11) is 0. The molecule has 0 bridgehead atoms. The maximum Gasteiger partial charge on any atom is 0.261 e. The predicted molar refractivity (Wildman–Crippen MR) is 150 cm³/mol. The van der Waals surface area contributed by atoms with E-state index >= 15 is 0 Å². The summed E-state index contributed by atoms with van der Waals surface area (Å²) in [5.41, 5.74) is 4.18. The molecule has 9 heteroatoms. The van der Waals surface area contributed by atoms with Gasteiger partial charge in [-0.15, -0.1) is 0 Å². The van der Waals surface area contributed by atoms with Crippen LogP contribution in [0.25, 0.3) is 20.4 Å². The smallest absolute Gasteiger partial charge is 0.261 e. The topological polar surface area (TPSA) is 61.2 Å². The number of nitrogens with zero attached hydrogens (tertiary/aromatic N) is 5. The molecule has 2 aromatic carbocycles. The molecular weight excluding hydrogens is 508 g/mol. The van der Waals surface area contributed by atoms with Crippen LogP contribution < -0.4 is 28.1 Å². The third-order valence-electron chi connectivity index (χ3n) is 6.42. The van der Waals surface area contributed by atoms with Crippen LogP contribution in [0.15, 0.2) is 53.6 Å². The number of hydrogen-bond donors (Lipinski definition) is 1.